The summed E-state index contributed by atoms with van der Waals surface area (Å²) in [6.07, 6.45) is 0.501. The lowest BCUT2D eigenvalue weighted by molar-refractivity contribution is 0.385. The fourth-order valence-electron chi connectivity index (χ4n) is 2.07. The van der Waals surface area contributed by atoms with E-state index in [1.807, 2.05) is 0 Å². The van der Waals surface area contributed by atoms with Crippen LogP contribution >= 0.6 is 15.9 Å². The number of nitrogens with one attached hydrogen (secondary N) is 1. The molecule has 0 bridgehead atoms. The van der Waals surface area contributed by atoms with Crippen molar-refractivity contribution >= 4 is 15.9 Å². The number of hydrazine groups is 1. The molecule has 1 unspecified atom stereocenters. The van der Waals surface area contributed by atoms with E-state index in [4.69, 9.17) is 10.6 Å². The molecule has 21 heavy (non-hydrogen) atoms. The predicted molar refractivity (Wildman–Crippen MR) is 80.8 cm³/mol. The summed E-state index contributed by atoms with van der Waals surface area (Å²) in [6.45, 7) is 0. The minimum atomic E-state index is -0.449. The number of hydrogen-bond acceptors (Lipinski definition) is 3. The Morgan fingerprint density at radius 3 is 2.52 bits per heavy atom. The summed E-state index contributed by atoms with van der Waals surface area (Å²) in [5, 5.41) is 0. The van der Waals surface area contributed by atoms with Crippen molar-refractivity contribution < 1.29 is 13.5 Å². The van der Waals surface area contributed by atoms with Crippen molar-refractivity contribution in [3.8, 4) is 5.75 Å². The van der Waals surface area contributed by atoms with Crippen LogP contribution in [-0.2, 0) is 6.42 Å². The van der Waals surface area contributed by atoms with Crippen molar-refractivity contribution in [3.05, 3.63) is 63.6 Å². The highest BCUT2D eigenvalue weighted by Gasteiger charge is 2.14. The number of benzene rings is 2. The van der Waals surface area contributed by atoms with Gasteiger partial charge in [-0.2, -0.15) is 0 Å². The van der Waals surface area contributed by atoms with Crippen LogP contribution in [0.3, 0.4) is 0 Å². The zero-order valence-corrected chi connectivity index (χ0v) is 13.0. The van der Waals surface area contributed by atoms with Gasteiger partial charge in [0.05, 0.1) is 17.6 Å². The van der Waals surface area contributed by atoms with Crippen molar-refractivity contribution in [2.75, 3.05) is 7.11 Å². The van der Waals surface area contributed by atoms with E-state index in [0.717, 1.165) is 5.56 Å². The molecule has 112 valence electrons. The number of methoxy groups -OCH3 is 1. The minimum Gasteiger partial charge on any atom is -0.494 e. The summed E-state index contributed by atoms with van der Waals surface area (Å²) in [5.41, 5.74) is 4.22. The monoisotopic (exact) mass is 356 g/mol. The third kappa shape index (κ3) is 3.78. The molecule has 0 aromatic heterocycles. The molecule has 2 rings (SSSR count). The fourth-order valence-corrected chi connectivity index (χ4v) is 2.50. The highest BCUT2D eigenvalue weighted by atomic mass is 79.9. The molecule has 3 nitrogen and oxygen atoms in total. The molecule has 0 saturated heterocycles. The van der Waals surface area contributed by atoms with Gasteiger partial charge in [-0.25, -0.2) is 8.78 Å². The van der Waals surface area contributed by atoms with E-state index in [0.29, 0.717) is 16.5 Å². The van der Waals surface area contributed by atoms with Crippen molar-refractivity contribution in [3.63, 3.8) is 0 Å². The molecule has 0 amide bonds. The molecule has 0 radical (unpaired) electrons. The van der Waals surface area contributed by atoms with Crippen LogP contribution in [0.2, 0.25) is 0 Å². The van der Waals surface area contributed by atoms with E-state index in [-0.39, 0.29) is 17.6 Å². The first-order valence-electron chi connectivity index (χ1n) is 6.28. The van der Waals surface area contributed by atoms with Gasteiger partial charge in [0.25, 0.3) is 0 Å². The van der Waals surface area contributed by atoms with E-state index >= 15 is 0 Å². The molecule has 0 aliphatic rings. The standard InChI is InChI=1S/C15H15BrF2N2O/c1-21-15-5-3-10(8-13(15)18)14(20-19)7-9-2-4-12(17)11(16)6-9/h2-6,8,14,20H,7,19H2,1H3. The predicted octanol–water partition coefficient (Wildman–Crippen LogP) is 3.48. The van der Waals surface area contributed by atoms with E-state index in [1.165, 1.54) is 19.2 Å². The lowest BCUT2D eigenvalue weighted by Gasteiger charge is -2.17. The fraction of sp³-hybridized carbons (Fsp3) is 0.200. The summed E-state index contributed by atoms with van der Waals surface area (Å²) in [6, 6.07) is 9.11. The van der Waals surface area contributed by atoms with E-state index in [2.05, 4.69) is 21.4 Å². The Morgan fingerprint density at radius 1 is 1.19 bits per heavy atom. The summed E-state index contributed by atoms with van der Waals surface area (Å²) in [4.78, 5) is 0. The maximum Gasteiger partial charge on any atom is 0.165 e. The Labute approximate surface area is 130 Å². The lowest BCUT2D eigenvalue weighted by atomic mass is 9.99. The third-order valence-corrected chi connectivity index (χ3v) is 3.81. The van der Waals surface area contributed by atoms with Crippen LogP contribution in [0.4, 0.5) is 8.78 Å². The van der Waals surface area contributed by atoms with Gasteiger partial charge in [0, 0.05) is 0 Å². The summed E-state index contributed by atoms with van der Waals surface area (Å²) in [5.74, 6) is 4.96. The molecule has 6 heteroatoms. The van der Waals surface area contributed by atoms with Gasteiger partial charge in [-0.3, -0.25) is 11.3 Å². The van der Waals surface area contributed by atoms with E-state index in [9.17, 15) is 8.78 Å². The first-order valence-corrected chi connectivity index (χ1v) is 7.08. The Kier molecular flexibility index (Phi) is 5.27. The molecule has 0 spiro atoms. The summed E-state index contributed by atoms with van der Waals surface area (Å²) < 4.78 is 32.3. The van der Waals surface area contributed by atoms with Crippen molar-refractivity contribution in [2.45, 2.75) is 12.5 Å². The number of nitrogens with two attached hydrogens (primary N) is 1. The second-order valence-corrected chi connectivity index (χ2v) is 5.42. The summed E-state index contributed by atoms with van der Waals surface area (Å²) in [7, 11) is 1.41. The zero-order valence-electron chi connectivity index (χ0n) is 11.4. The molecule has 0 heterocycles. The van der Waals surface area contributed by atoms with Crippen LogP contribution in [0, 0.1) is 11.6 Å². The van der Waals surface area contributed by atoms with Gasteiger partial charge in [0.15, 0.2) is 11.6 Å². The Morgan fingerprint density at radius 2 is 1.95 bits per heavy atom. The molecule has 3 N–H and O–H groups in total. The number of ether oxygens (including phenoxy) is 1. The molecular weight excluding hydrogens is 342 g/mol. The lowest BCUT2D eigenvalue weighted by Crippen LogP contribution is -2.29. The molecule has 0 saturated carbocycles. The van der Waals surface area contributed by atoms with Crippen LogP contribution in [0.1, 0.15) is 17.2 Å². The topological polar surface area (TPSA) is 47.3 Å². The number of halogens is 3. The quantitative estimate of drug-likeness (QED) is 0.636. The van der Waals surface area contributed by atoms with Crippen LogP contribution in [0.25, 0.3) is 0 Å². The molecule has 0 aliphatic heterocycles. The van der Waals surface area contributed by atoms with Gasteiger partial charge in [-0.15, -0.1) is 0 Å². The average Bonchev–Trinajstić information content (AvgIpc) is 2.48. The minimum absolute atomic E-state index is 0.180. The van der Waals surface area contributed by atoms with E-state index < -0.39 is 5.82 Å². The van der Waals surface area contributed by atoms with Gasteiger partial charge >= 0.3 is 0 Å². The molecule has 0 aliphatic carbocycles. The largest absolute Gasteiger partial charge is 0.494 e. The molecule has 0 fully saturated rings. The maximum absolute atomic E-state index is 13.8. The average molecular weight is 357 g/mol. The molecular formula is C15H15BrF2N2O. The third-order valence-electron chi connectivity index (χ3n) is 3.20. The second kappa shape index (κ2) is 6.98. The van der Waals surface area contributed by atoms with Gasteiger partial charge in [0.1, 0.15) is 5.82 Å². The van der Waals surface area contributed by atoms with Gasteiger partial charge < -0.3 is 4.74 Å². The van der Waals surface area contributed by atoms with Crippen molar-refractivity contribution in [2.24, 2.45) is 5.84 Å². The van der Waals surface area contributed by atoms with Gasteiger partial charge in [0.2, 0.25) is 0 Å². The summed E-state index contributed by atoms with van der Waals surface area (Å²) >= 11 is 3.14. The van der Waals surface area contributed by atoms with Crippen LogP contribution in [0.15, 0.2) is 40.9 Å². The number of hydrogen-bond donors (Lipinski definition) is 2. The van der Waals surface area contributed by atoms with Gasteiger partial charge in [-0.1, -0.05) is 12.1 Å². The van der Waals surface area contributed by atoms with Crippen molar-refractivity contribution in [1.82, 2.24) is 5.43 Å². The highest BCUT2D eigenvalue weighted by Crippen LogP contribution is 2.25. The molecule has 2 aromatic rings. The van der Waals surface area contributed by atoms with Crippen LogP contribution < -0.4 is 16.0 Å². The first kappa shape index (κ1) is 15.9. The Hall–Kier alpha value is -1.50. The van der Waals surface area contributed by atoms with Gasteiger partial charge in [-0.05, 0) is 57.7 Å². The van der Waals surface area contributed by atoms with Crippen molar-refractivity contribution in [1.29, 1.82) is 0 Å². The molecule has 2 aromatic carbocycles. The normalized spacial score (nSPS) is 12.2. The number of rotatable bonds is 5. The molecule has 1 atom stereocenters. The van der Waals surface area contributed by atoms with Crippen LogP contribution in [-0.4, -0.2) is 7.11 Å². The zero-order chi connectivity index (χ0) is 15.4. The first-order chi connectivity index (χ1) is 10.0. The maximum atomic E-state index is 13.8. The van der Waals surface area contributed by atoms with E-state index in [1.54, 1.807) is 24.3 Å². The highest BCUT2D eigenvalue weighted by molar-refractivity contribution is 9.10. The smallest absolute Gasteiger partial charge is 0.165 e. The SMILES string of the molecule is COc1ccc(C(Cc2ccc(F)c(Br)c2)NN)cc1F. The van der Waals surface area contributed by atoms with Crippen LogP contribution in [0.5, 0.6) is 5.75 Å². The second-order valence-electron chi connectivity index (χ2n) is 4.57. The Balaban J connectivity index is 2.23. The Bertz CT molecular complexity index is 637.